The Morgan fingerprint density at radius 1 is 1.13 bits per heavy atom. The molecule has 2 saturated heterocycles. The molecule has 0 amide bonds. The van der Waals surface area contributed by atoms with E-state index in [2.05, 4.69) is 20.8 Å². The number of nitrogens with zero attached hydrogens (tertiary/aromatic N) is 5. The molecule has 1 N–H and O–H groups in total. The van der Waals surface area contributed by atoms with E-state index in [1.165, 1.54) is 31.4 Å². The van der Waals surface area contributed by atoms with Gasteiger partial charge in [-0.1, -0.05) is 18.4 Å². The van der Waals surface area contributed by atoms with Crippen LogP contribution in [0.2, 0.25) is 0 Å². The third-order valence-corrected chi connectivity index (χ3v) is 9.87. The van der Waals surface area contributed by atoms with Crippen molar-refractivity contribution in [2.24, 2.45) is 5.41 Å². The number of methoxy groups -OCH3 is 1. The SMILES string of the molecule is C#Cc1c(F)ccc2cc(O)cc(-c3nc(OC)c4c(N5CCCOCC5)nc(OCC56CCCC5N(C)C[C@@H](F)C6)nc4c3F)c12. The second-order valence-corrected chi connectivity index (χ2v) is 12.7. The number of halogens is 3. The van der Waals surface area contributed by atoms with Gasteiger partial charge in [0.25, 0.3) is 0 Å². The Hall–Kier alpha value is -4.34. The van der Waals surface area contributed by atoms with Crippen molar-refractivity contribution >= 4 is 27.5 Å². The molecule has 0 bridgehead atoms. The summed E-state index contributed by atoms with van der Waals surface area (Å²) in [5.74, 6) is 1.05. The topological polar surface area (TPSA) is 93.1 Å². The van der Waals surface area contributed by atoms with Crippen LogP contribution in [0, 0.1) is 29.4 Å². The number of hydrogen-bond donors (Lipinski definition) is 1. The summed E-state index contributed by atoms with van der Waals surface area (Å²) < 4.78 is 64.5. The fraction of sp³-hybridized carbons (Fsp3) is 0.457. The van der Waals surface area contributed by atoms with Crippen LogP contribution in [0.15, 0.2) is 24.3 Å². The number of piperidine rings is 1. The number of phenolic OH excluding ortho intramolecular Hbond substituents is 1. The van der Waals surface area contributed by atoms with E-state index in [-0.39, 0.29) is 63.4 Å². The Morgan fingerprint density at radius 2 is 1.98 bits per heavy atom. The van der Waals surface area contributed by atoms with Gasteiger partial charge in [0.1, 0.15) is 40.2 Å². The fourth-order valence-electron chi connectivity index (χ4n) is 7.86. The number of aromatic nitrogens is 3. The highest BCUT2D eigenvalue weighted by Gasteiger charge is 2.50. The minimum Gasteiger partial charge on any atom is -0.508 e. The number of hydrogen-bond acceptors (Lipinski definition) is 9. The van der Waals surface area contributed by atoms with Gasteiger partial charge in [-0.2, -0.15) is 9.97 Å². The molecule has 47 heavy (non-hydrogen) atoms. The van der Waals surface area contributed by atoms with E-state index >= 15 is 4.39 Å². The van der Waals surface area contributed by atoms with Gasteiger partial charge >= 0.3 is 6.01 Å². The number of phenols is 1. The molecule has 2 aliphatic heterocycles. The third kappa shape index (κ3) is 5.45. The van der Waals surface area contributed by atoms with E-state index in [0.29, 0.717) is 56.9 Å². The molecular formula is C35H36F3N5O4. The Balaban J connectivity index is 1.42. The van der Waals surface area contributed by atoms with E-state index in [9.17, 15) is 13.9 Å². The Morgan fingerprint density at radius 3 is 2.79 bits per heavy atom. The Bertz CT molecular complexity index is 1890. The molecule has 4 aromatic rings. The van der Waals surface area contributed by atoms with Crippen molar-refractivity contribution in [3.05, 3.63) is 41.5 Å². The normalized spacial score (nSPS) is 23.4. The highest BCUT2D eigenvalue weighted by atomic mass is 19.1. The van der Waals surface area contributed by atoms with Crippen LogP contribution in [0.4, 0.5) is 19.0 Å². The van der Waals surface area contributed by atoms with Crippen molar-refractivity contribution in [1.29, 1.82) is 0 Å². The lowest BCUT2D eigenvalue weighted by molar-refractivity contribution is -0.0244. The van der Waals surface area contributed by atoms with Crippen molar-refractivity contribution < 1.29 is 32.5 Å². The lowest BCUT2D eigenvalue weighted by Gasteiger charge is -2.45. The summed E-state index contributed by atoms with van der Waals surface area (Å²) in [4.78, 5) is 17.9. The number of ether oxygens (including phenoxy) is 3. The summed E-state index contributed by atoms with van der Waals surface area (Å²) in [5, 5.41) is 11.4. The maximum atomic E-state index is 17.0. The zero-order valence-electron chi connectivity index (χ0n) is 26.4. The Labute approximate surface area is 270 Å². The smallest absolute Gasteiger partial charge is 0.319 e. The van der Waals surface area contributed by atoms with Crippen molar-refractivity contribution in [3.8, 4) is 41.2 Å². The van der Waals surface area contributed by atoms with Crippen LogP contribution >= 0.6 is 0 Å². The molecule has 2 unspecified atom stereocenters. The monoisotopic (exact) mass is 647 g/mol. The second-order valence-electron chi connectivity index (χ2n) is 12.7. The van der Waals surface area contributed by atoms with Crippen molar-refractivity contribution in [1.82, 2.24) is 19.9 Å². The number of aromatic hydroxyl groups is 1. The molecule has 7 rings (SSSR count). The number of terminal acetylenes is 1. The molecule has 4 heterocycles. The molecule has 2 aromatic heterocycles. The summed E-state index contributed by atoms with van der Waals surface area (Å²) in [6, 6.07) is 5.47. The van der Waals surface area contributed by atoms with Gasteiger partial charge < -0.3 is 24.2 Å². The van der Waals surface area contributed by atoms with Gasteiger partial charge in [0, 0.05) is 48.6 Å². The number of rotatable bonds is 6. The summed E-state index contributed by atoms with van der Waals surface area (Å²) >= 11 is 0. The van der Waals surface area contributed by atoms with Gasteiger partial charge in [-0.3, -0.25) is 4.90 Å². The average Bonchev–Trinajstić information content (AvgIpc) is 3.29. The van der Waals surface area contributed by atoms with E-state index in [1.807, 2.05) is 11.9 Å². The maximum Gasteiger partial charge on any atom is 0.319 e. The molecule has 0 spiro atoms. The first-order valence-corrected chi connectivity index (χ1v) is 15.9. The van der Waals surface area contributed by atoms with Crippen LogP contribution in [0.3, 0.4) is 0 Å². The molecule has 2 aromatic carbocycles. The van der Waals surface area contributed by atoms with Gasteiger partial charge in [0.05, 0.1) is 25.9 Å². The molecule has 9 nitrogen and oxygen atoms in total. The summed E-state index contributed by atoms with van der Waals surface area (Å²) in [6.45, 7) is 2.60. The third-order valence-electron chi connectivity index (χ3n) is 9.87. The standard InChI is InChI=1S/C35H36F3N5O4/c1-4-23-25(37)9-8-20-15-22(44)16-24(27(20)23)30-29(38)31-28(33(39-30)45-3)32(43-11-6-13-46-14-12-43)41-34(40-31)47-19-35-10-5-7-26(35)42(2)18-21(36)17-35/h1,8-9,15-16,21,26,44H,5-7,10-14,17-19H2,2-3H3/t21-,26?,35?/m0/s1. The maximum absolute atomic E-state index is 17.0. The molecular weight excluding hydrogens is 611 g/mol. The molecule has 3 aliphatic rings. The van der Waals surface area contributed by atoms with Gasteiger partial charge in [-0.25, -0.2) is 18.2 Å². The summed E-state index contributed by atoms with van der Waals surface area (Å²) in [7, 11) is 3.35. The molecule has 3 atom stereocenters. The Kier molecular flexibility index (Phi) is 8.22. The minimum absolute atomic E-state index is 0.0295. The first-order valence-electron chi connectivity index (χ1n) is 15.9. The minimum atomic E-state index is -0.978. The number of benzene rings is 2. The van der Waals surface area contributed by atoms with Gasteiger partial charge in [-0.15, -0.1) is 6.42 Å². The fourth-order valence-corrected chi connectivity index (χ4v) is 7.86. The predicted molar refractivity (Wildman–Crippen MR) is 172 cm³/mol. The van der Waals surface area contributed by atoms with Crippen LogP contribution in [0.1, 0.15) is 37.7 Å². The number of fused-ring (bicyclic) bond motifs is 3. The van der Waals surface area contributed by atoms with E-state index in [4.69, 9.17) is 25.6 Å². The summed E-state index contributed by atoms with van der Waals surface area (Å²) in [5.41, 5.74) is -0.809. The average molecular weight is 648 g/mol. The predicted octanol–water partition coefficient (Wildman–Crippen LogP) is 5.64. The van der Waals surface area contributed by atoms with Crippen LogP contribution < -0.4 is 14.4 Å². The number of likely N-dealkylation sites (tertiary alicyclic amines) is 1. The molecule has 1 saturated carbocycles. The number of alkyl halides is 1. The van der Waals surface area contributed by atoms with E-state index in [1.54, 1.807) is 0 Å². The van der Waals surface area contributed by atoms with Crippen molar-refractivity contribution in [3.63, 3.8) is 0 Å². The first-order chi connectivity index (χ1) is 22.7. The molecule has 3 fully saturated rings. The van der Waals surface area contributed by atoms with Crippen molar-refractivity contribution in [2.45, 2.75) is 44.3 Å². The van der Waals surface area contributed by atoms with E-state index in [0.717, 1.165) is 19.3 Å². The van der Waals surface area contributed by atoms with Crippen LogP contribution in [-0.4, -0.2) is 90.8 Å². The quantitative estimate of drug-likeness (QED) is 0.267. The first kappa shape index (κ1) is 31.3. The van der Waals surface area contributed by atoms with Crippen LogP contribution in [-0.2, 0) is 4.74 Å². The molecule has 0 radical (unpaired) electrons. The molecule has 246 valence electrons. The zero-order chi connectivity index (χ0) is 32.9. The second kappa shape index (κ2) is 12.4. The molecule has 1 aliphatic carbocycles. The van der Waals surface area contributed by atoms with Crippen LogP contribution in [0.5, 0.6) is 17.6 Å². The van der Waals surface area contributed by atoms with Gasteiger partial charge in [-0.05, 0) is 56.3 Å². The summed E-state index contributed by atoms with van der Waals surface area (Å²) in [6.07, 6.45) is 8.52. The van der Waals surface area contributed by atoms with Gasteiger partial charge in [0.15, 0.2) is 5.82 Å². The van der Waals surface area contributed by atoms with Gasteiger partial charge in [0.2, 0.25) is 5.88 Å². The number of anilines is 1. The van der Waals surface area contributed by atoms with Crippen LogP contribution in [0.25, 0.3) is 32.9 Å². The number of pyridine rings is 1. The van der Waals surface area contributed by atoms with E-state index < -0.39 is 23.2 Å². The van der Waals surface area contributed by atoms with Crippen molar-refractivity contribution in [2.75, 3.05) is 58.5 Å². The lowest BCUT2D eigenvalue weighted by atomic mass is 9.75. The zero-order valence-corrected chi connectivity index (χ0v) is 26.4. The highest BCUT2D eigenvalue weighted by molar-refractivity contribution is 6.04. The lowest BCUT2D eigenvalue weighted by Crippen LogP contribution is -2.54. The highest BCUT2D eigenvalue weighted by Crippen LogP contribution is 2.48. The molecule has 12 heteroatoms. The largest absolute Gasteiger partial charge is 0.508 e.